The van der Waals surface area contributed by atoms with Crippen molar-refractivity contribution in [2.24, 2.45) is 11.7 Å². The van der Waals surface area contributed by atoms with Gasteiger partial charge in [0.2, 0.25) is 0 Å². The van der Waals surface area contributed by atoms with E-state index < -0.39 is 0 Å². The zero-order valence-corrected chi connectivity index (χ0v) is 18.3. The van der Waals surface area contributed by atoms with Gasteiger partial charge in [-0.1, -0.05) is 43.7 Å². The van der Waals surface area contributed by atoms with Gasteiger partial charge in [-0.05, 0) is 48.4 Å². The van der Waals surface area contributed by atoms with E-state index in [4.69, 9.17) is 15.5 Å². The lowest BCUT2D eigenvalue weighted by Gasteiger charge is -2.20. The van der Waals surface area contributed by atoms with Crippen LogP contribution in [0, 0.1) is 19.8 Å². The first-order valence-corrected chi connectivity index (χ1v) is 8.72. The number of esters is 1. The van der Waals surface area contributed by atoms with Crippen LogP contribution in [0.3, 0.4) is 0 Å². The highest BCUT2D eigenvalue weighted by atomic mass is 35.5. The number of halogens is 2. The number of carbonyl (C=O) groups is 1. The number of methoxy groups -OCH3 is 1. The summed E-state index contributed by atoms with van der Waals surface area (Å²) >= 11 is 0. The van der Waals surface area contributed by atoms with Crippen LogP contribution in [0.5, 0.6) is 0 Å². The Morgan fingerprint density at radius 2 is 1.70 bits per heavy atom. The maximum atomic E-state index is 12.0. The molecule has 0 saturated carbocycles. The van der Waals surface area contributed by atoms with Crippen LogP contribution in [-0.2, 0) is 28.9 Å². The number of hydrogen-bond acceptors (Lipinski definition) is 4. The van der Waals surface area contributed by atoms with Crippen LogP contribution in [0.15, 0.2) is 24.3 Å². The maximum Gasteiger partial charge on any atom is 0.310 e. The minimum absolute atomic E-state index is 0. The first-order valence-electron chi connectivity index (χ1n) is 8.72. The molecule has 2 rings (SSSR count). The molecule has 2 N–H and O–H groups in total. The van der Waals surface area contributed by atoms with Gasteiger partial charge < -0.3 is 10.5 Å². The SMILES string of the molecule is COC(=O)Cc1c(C)nc(CC(C)C)c(CN)c1-c1ccc(C)cc1.Cl.Cl. The minimum Gasteiger partial charge on any atom is -0.469 e. The van der Waals surface area contributed by atoms with Gasteiger partial charge in [0.15, 0.2) is 0 Å². The van der Waals surface area contributed by atoms with Crippen LogP contribution in [0.1, 0.15) is 41.9 Å². The monoisotopic (exact) mass is 412 g/mol. The molecule has 150 valence electrons. The van der Waals surface area contributed by atoms with E-state index >= 15 is 0 Å². The van der Waals surface area contributed by atoms with Gasteiger partial charge in [0, 0.05) is 17.9 Å². The van der Waals surface area contributed by atoms with Crippen LogP contribution < -0.4 is 5.73 Å². The maximum absolute atomic E-state index is 12.0. The fourth-order valence-corrected chi connectivity index (χ4v) is 3.12. The lowest BCUT2D eigenvalue weighted by molar-refractivity contribution is -0.139. The molecular weight excluding hydrogens is 383 g/mol. The predicted octanol–water partition coefficient (Wildman–Crippen LogP) is 4.58. The van der Waals surface area contributed by atoms with Crippen LogP contribution in [0.25, 0.3) is 11.1 Å². The Morgan fingerprint density at radius 3 is 2.19 bits per heavy atom. The quantitative estimate of drug-likeness (QED) is 0.704. The summed E-state index contributed by atoms with van der Waals surface area (Å²) in [4.78, 5) is 16.7. The van der Waals surface area contributed by atoms with E-state index in [2.05, 4.69) is 45.0 Å². The predicted molar refractivity (Wildman–Crippen MR) is 116 cm³/mol. The molecule has 0 spiro atoms. The molecule has 0 atom stereocenters. The zero-order chi connectivity index (χ0) is 18.6. The Labute approximate surface area is 174 Å². The molecule has 0 aliphatic rings. The number of nitrogens with zero attached hydrogens (tertiary/aromatic N) is 1. The van der Waals surface area contributed by atoms with Crippen LogP contribution in [0.2, 0.25) is 0 Å². The molecule has 0 radical (unpaired) electrons. The van der Waals surface area contributed by atoms with E-state index in [0.717, 1.165) is 40.1 Å². The van der Waals surface area contributed by atoms with Gasteiger partial charge in [-0.2, -0.15) is 0 Å². The Morgan fingerprint density at radius 1 is 1.11 bits per heavy atom. The third-order valence-corrected chi connectivity index (χ3v) is 4.39. The Kier molecular flexibility index (Phi) is 10.6. The summed E-state index contributed by atoms with van der Waals surface area (Å²) in [5, 5.41) is 0. The molecule has 1 aromatic heterocycles. The van der Waals surface area contributed by atoms with E-state index in [0.29, 0.717) is 12.5 Å². The van der Waals surface area contributed by atoms with Crippen LogP contribution >= 0.6 is 24.8 Å². The summed E-state index contributed by atoms with van der Waals surface area (Å²) in [6.45, 7) is 8.76. The molecule has 0 saturated heterocycles. The number of aryl methyl sites for hydroxylation is 2. The number of benzene rings is 1. The van der Waals surface area contributed by atoms with E-state index in [1.54, 1.807) is 0 Å². The average Bonchev–Trinajstić information content (AvgIpc) is 2.57. The summed E-state index contributed by atoms with van der Waals surface area (Å²) < 4.78 is 4.89. The molecule has 0 fully saturated rings. The highest BCUT2D eigenvalue weighted by molar-refractivity contribution is 5.85. The molecule has 0 unspecified atom stereocenters. The van der Waals surface area contributed by atoms with E-state index in [-0.39, 0.29) is 37.2 Å². The lowest BCUT2D eigenvalue weighted by atomic mass is 9.88. The number of pyridine rings is 1. The highest BCUT2D eigenvalue weighted by Gasteiger charge is 2.21. The molecule has 6 heteroatoms. The van der Waals surface area contributed by atoms with Crippen molar-refractivity contribution < 1.29 is 9.53 Å². The van der Waals surface area contributed by atoms with Crippen molar-refractivity contribution in [2.45, 2.75) is 47.1 Å². The largest absolute Gasteiger partial charge is 0.469 e. The topological polar surface area (TPSA) is 65.2 Å². The standard InChI is InChI=1S/C21H28N2O2.2ClH/c1-13(2)10-19-18(12-22)21(16-8-6-14(3)7-9-16)17(15(4)23-19)11-20(24)25-5;;/h6-9,13H,10-12,22H2,1-5H3;2*1H. The first-order chi connectivity index (χ1) is 11.9. The molecule has 1 heterocycles. The highest BCUT2D eigenvalue weighted by Crippen LogP contribution is 2.33. The summed E-state index contributed by atoms with van der Waals surface area (Å²) in [6.07, 6.45) is 1.07. The summed E-state index contributed by atoms with van der Waals surface area (Å²) in [7, 11) is 1.41. The summed E-state index contributed by atoms with van der Waals surface area (Å²) in [6, 6.07) is 8.33. The lowest BCUT2D eigenvalue weighted by Crippen LogP contribution is -2.15. The van der Waals surface area contributed by atoms with Crippen molar-refractivity contribution in [3.05, 3.63) is 52.3 Å². The fourth-order valence-electron chi connectivity index (χ4n) is 3.12. The second-order valence-electron chi connectivity index (χ2n) is 6.90. The van der Waals surface area contributed by atoms with Crippen LogP contribution in [0.4, 0.5) is 0 Å². The third kappa shape index (κ3) is 6.20. The van der Waals surface area contributed by atoms with Gasteiger partial charge in [-0.25, -0.2) is 0 Å². The molecule has 1 aromatic carbocycles. The number of nitrogens with two attached hydrogens (primary N) is 1. The van der Waals surface area contributed by atoms with Crippen LogP contribution in [-0.4, -0.2) is 18.1 Å². The van der Waals surface area contributed by atoms with E-state index in [1.807, 2.05) is 6.92 Å². The second-order valence-corrected chi connectivity index (χ2v) is 6.90. The van der Waals surface area contributed by atoms with E-state index in [9.17, 15) is 4.79 Å². The molecule has 0 amide bonds. The normalized spacial score (nSPS) is 10.2. The molecule has 0 aliphatic heterocycles. The van der Waals surface area contributed by atoms with Crippen molar-refractivity contribution in [3.8, 4) is 11.1 Å². The second kappa shape index (κ2) is 11.3. The number of carbonyl (C=O) groups excluding carboxylic acids is 1. The first kappa shape index (κ1) is 25.4. The Bertz CT molecular complexity index is 760. The van der Waals surface area contributed by atoms with Gasteiger partial charge in [0.1, 0.15) is 0 Å². The molecule has 0 bridgehead atoms. The summed E-state index contributed by atoms with van der Waals surface area (Å²) in [5.74, 6) is 0.215. The molecular formula is C21H30Cl2N2O2. The van der Waals surface area contributed by atoms with Crippen molar-refractivity contribution in [1.82, 2.24) is 4.98 Å². The smallest absolute Gasteiger partial charge is 0.310 e. The van der Waals surface area contributed by atoms with Gasteiger partial charge in [-0.3, -0.25) is 9.78 Å². The van der Waals surface area contributed by atoms with Crippen molar-refractivity contribution >= 4 is 30.8 Å². The van der Waals surface area contributed by atoms with Gasteiger partial charge >= 0.3 is 5.97 Å². The third-order valence-electron chi connectivity index (χ3n) is 4.39. The van der Waals surface area contributed by atoms with Crippen molar-refractivity contribution in [2.75, 3.05) is 7.11 Å². The summed E-state index contributed by atoms with van der Waals surface area (Å²) in [5.41, 5.74) is 13.3. The number of ether oxygens (including phenoxy) is 1. The van der Waals surface area contributed by atoms with Gasteiger partial charge in [-0.15, -0.1) is 24.8 Å². The molecule has 27 heavy (non-hydrogen) atoms. The number of hydrogen-bond donors (Lipinski definition) is 1. The van der Waals surface area contributed by atoms with Crippen molar-refractivity contribution in [1.29, 1.82) is 0 Å². The van der Waals surface area contributed by atoms with Gasteiger partial charge in [0.25, 0.3) is 0 Å². The molecule has 2 aromatic rings. The average molecular weight is 413 g/mol. The fraction of sp³-hybridized carbons (Fsp3) is 0.429. The number of aromatic nitrogens is 1. The minimum atomic E-state index is -0.266. The molecule has 4 nitrogen and oxygen atoms in total. The Balaban J connectivity index is 0.00000338. The molecule has 0 aliphatic carbocycles. The zero-order valence-electron chi connectivity index (χ0n) is 16.7. The van der Waals surface area contributed by atoms with Crippen molar-refractivity contribution in [3.63, 3.8) is 0 Å². The van der Waals surface area contributed by atoms with Gasteiger partial charge in [0.05, 0.1) is 13.5 Å². The van der Waals surface area contributed by atoms with E-state index in [1.165, 1.54) is 12.7 Å². The number of rotatable bonds is 6. The Hall–Kier alpha value is -1.62.